The summed E-state index contributed by atoms with van der Waals surface area (Å²) in [6.07, 6.45) is 1.63. The number of benzene rings is 2. The zero-order chi connectivity index (χ0) is 24.7. The number of carbonyl (C=O) groups is 1. The SMILES string of the molecule is O=C1c2c(O)c(=O)ccn2N(C2c3ccc(F)c(F)c3CN3CCc4cccc2c43)C2COCCN12. The quantitative estimate of drug-likeness (QED) is 0.562. The molecule has 0 saturated carbocycles. The van der Waals surface area contributed by atoms with Crippen molar-refractivity contribution in [2.45, 2.75) is 25.2 Å². The van der Waals surface area contributed by atoms with E-state index in [1.807, 2.05) is 23.2 Å². The smallest absolute Gasteiger partial charge is 0.278 e. The van der Waals surface area contributed by atoms with Gasteiger partial charge in [-0.25, -0.2) is 8.78 Å². The zero-order valence-corrected chi connectivity index (χ0v) is 19.2. The van der Waals surface area contributed by atoms with Crippen LogP contribution in [0.4, 0.5) is 14.5 Å². The monoisotopic (exact) mass is 492 g/mol. The lowest BCUT2D eigenvalue weighted by atomic mass is 9.91. The molecule has 3 aromatic rings. The second-order valence-electron chi connectivity index (χ2n) is 9.51. The topological polar surface area (TPSA) is 78.2 Å². The number of hydrogen-bond acceptors (Lipinski definition) is 6. The molecule has 2 unspecified atom stereocenters. The summed E-state index contributed by atoms with van der Waals surface area (Å²) in [4.78, 5) is 29.4. The van der Waals surface area contributed by atoms with E-state index in [0.29, 0.717) is 18.7 Å². The highest BCUT2D eigenvalue weighted by Gasteiger charge is 2.47. The van der Waals surface area contributed by atoms with E-state index in [4.69, 9.17) is 4.74 Å². The second kappa shape index (κ2) is 7.54. The van der Waals surface area contributed by atoms with Gasteiger partial charge in [0, 0.05) is 48.7 Å². The number of rotatable bonds is 1. The van der Waals surface area contributed by atoms with Crippen LogP contribution in [0.25, 0.3) is 0 Å². The Labute approximate surface area is 204 Å². The molecule has 1 aromatic heterocycles. The van der Waals surface area contributed by atoms with Crippen molar-refractivity contribution >= 4 is 11.6 Å². The number of halogens is 2. The standard InChI is InChI=1S/C26H22F2N4O4/c27-18-5-4-15-17(21(18)28)12-29-8-6-14-2-1-3-16(22(14)29)23(15)32-20-13-36-11-10-30(20)26(35)24-25(34)19(33)7-9-31(24)32/h1-5,7,9,20,23,34H,6,8,10-13H2. The largest absolute Gasteiger partial charge is 0.502 e. The van der Waals surface area contributed by atoms with E-state index in [1.165, 1.54) is 16.9 Å². The molecule has 1 amide bonds. The summed E-state index contributed by atoms with van der Waals surface area (Å²) in [5.41, 5.74) is 2.93. The predicted molar refractivity (Wildman–Crippen MR) is 126 cm³/mol. The Bertz CT molecular complexity index is 1510. The van der Waals surface area contributed by atoms with Gasteiger partial charge in [0.15, 0.2) is 23.1 Å². The molecule has 1 fully saturated rings. The maximum Gasteiger partial charge on any atom is 0.278 e. The van der Waals surface area contributed by atoms with Crippen LogP contribution in [0, 0.1) is 11.6 Å². The molecule has 1 saturated heterocycles. The van der Waals surface area contributed by atoms with E-state index in [9.17, 15) is 19.1 Å². The van der Waals surface area contributed by atoms with E-state index in [1.54, 1.807) is 11.0 Å². The fraction of sp³-hybridized carbons (Fsp3) is 0.308. The number of morpholine rings is 1. The lowest BCUT2D eigenvalue weighted by Gasteiger charge is -2.51. The van der Waals surface area contributed by atoms with Crippen molar-refractivity contribution < 1.29 is 23.4 Å². The molecule has 0 aliphatic carbocycles. The Morgan fingerprint density at radius 2 is 1.89 bits per heavy atom. The number of nitrogens with zero attached hydrogens (tertiary/aromatic N) is 4. The first kappa shape index (κ1) is 21.4. The Morgan fingerprint density at radius 3 is 2.75 bits per heavy atom. The van der Waals surface area contributed by atoms with Crippen molar-refractivity contribution in [2.24, 2.45) is 0 Å². The third kappa shape index (κ3) is 2.76. The summed E-state index contributed by atoms with van der Waals surface area (Å²) in [6.45, 7) is 1.63. The summed E-state index contributed by atoms with van der Waals surface area (Å²) in [6, 6.07) is 9.20. The Kier molecular flexibility index (Phi) is 4.47. The minimum Gasteiger partial charge on any atom is -0.502 e. The third-order valence-electron chi connectivity index (χ3n) is 7.73. The highest BCUT2D eigenvalue weighted by atomic mass is 19.2. The van der Waals surface area contributed by atoms with Crippen molar-refractivity contribution in [2.75, 3.05) is 36.2 Å². The molecule has 0 radical (unpaired) electrons. The summed E-state index contributed by atoms with van der Waals surface area (Å²) < 4.78 is 37.1. The number of aromatic hydroxyl groups is 1. The maximum absolute atomic E-state index is 15.4. The highest BCUT2D eigenvalue weighted by molar-refractivity contribution is 5.96. The lowest BCUT2D eigenvalue weighted by molar-refractivity contribution is -0.0196. The zero-order valence-electron chi connectivity index (χ0n) is 19.2. The fourth-order valence-electron chi connectivity index (χ4n) is 6.14. The van der Waals surface area contributed by atoms with Crippen molar-refractivity contribution in [3.8, 4) is 5.75 Å². The first-order chi connectivity index (χ1) is 17.5. The molecule has 2 atom stereocenters. The van der Waals surface area contributed by atoms with Crippen LogP contribution in [0.2, 0.25) is 0 Å². The van der Waals surface area contributed by atoms with Gasteiger partial charge >= 0.3 is 0 Å². The van der Waals surface area contributed by atoms with Gasteiger partial charge in [-0.2, -0.15) is 0 Å². The molecular weight excluding hydrogens is 470 g/mol. The maximum atomic E-state index is 15.4. The number of para-hydroxylation sites is 1. The van der Waals surface area contributed by atoms with E-state index >= 15 is 4.39 Å². The molecule has 0 bridgehead atoms. The van der Waals surface area contributed by atoms with Gasteiger partial charge in [-0.3, -0.25) is 19.3 Å². The molecule has 4 aliphatic rings. The van der Waals surface area contributed by atoms with Crippen LogP contribution >= 0.6 is 0 Å². The molecule has 184 valence electrons. The molecule has 5 heterocycles. The number of aromatic nitrogens is 1. The second-order valence-corrected chi connectivity index (χ2v) is 9.51. The van der Waals surface area contributed by atoms with Gasteiger partial charge in [0.1, 0.15) is 12.2 Å². The molecule has 8 nitrogen and oxygen atoms in total. The van der Waals surface area contributed by atoms with Gasteiger partial charge < -0.3 is 19.6 Å². The number of fused-ring (bicyclic) bond motifs is 3. The Morgan fingerprint density at radius 1 is 1.03 bits per heavy atom. The van der Waals surface area contributed by atoms with Crippen LogP contribution < -0.4 is 15.3 Å². The van der Waals surface area contributed by atoms with Crippen LogP contribution in [0.1, 0.15) is 38.8 Å². The summed E-state index contributed by atoms with van der Waals surface area (Å²) in [5.74, 6) is -2.94. The number of amides is 1. The summed E-state index contributed by atoms with van der Waals surface area (Å²) in [7, 11) is 0. The van der Waals surface area contributed by atoms with Crippen molar-refractivity contribution in [3.05, 3.63) is 92.4 Å². The minimum absolute atomic E-state index is 0.154. The Hall–Kier alpha value is -3.92. The number of pyridine rings is 1. The van der Waals surface area contributed by atoms with Crippen molar-refractivity contribution in [1.82, 2.24) is 9.58 Å². The summed E-state index contributed by atoms with van der Waals surface area (Å²) in [5, 5.41) is 12.5. The van der Waals surface area contributed by atoms with Crippen LogP contribution in [0.3, 0.4) is 0 Å². The Balaban J connectivity index is 1.56. The van der Waals surface area contributed by atoms with E-state index in [2.05, 4.69) is 4.90 Å². The average molecular weight is 492 g/mol. The first-order valence-electron chi connectivity index (χ1n) is 11.9. The van der Waals surface area contributed by atoms with E-state index in [-0.39, 0.29) is 31.0 Å². The van der Waals surface area contributed by atoms with Gasteiger partial charge in [0.05, 0.1) is 13.2 Å². The molecule has 0 spiro atoms. The molecule has 4 aliphatic heterocycles. The number of hydrogen-bond donors (Lipinski definition) is 1. The van der Waals surface area contributed by atoms with Gasteiger partial charge in [-0.15, -0.1) is 0 Å². The summed E-state index contributed by atoms with van der Waals surface area (Å²) >= 11 is 0. The fourth-order valence-corrected chi connectivity index (χ4v) is 6.14. The lowest BCUT2D eigenvalue weighted by Crippen LogP contribution is -2.66. The number of anilines is 1. The van der Waals surface area contributed by atoms with Crippen LogP contribution in [-0.4, -0.2) is 53.1 Å². The average Bonchev–Trinajstić information content (AvgIpc) is 3.24. The van der Waals surface area contributed by atoms with Gasteiger partial charge in [-0.05, 0) is 23.6 Å². The predicted octanol–water partition coefficient (Wildman–Crippen LogP) is 2.25. The molecule has 36 heavy (non-hydrogen) atoms. The minimum atomic E-state index is -0.920. The molecule has 1 N–H and O–H groups in total. The molecule has 7 rings (SSSR count). The molecular formula is C26H22F2N4O4. The molecule has 10 heteroatoms. The van der Waals surface area contributed by atoms with Crippen LogP contribution in [0.15, 0.2) is 47.4 Å². The van der Waals surface area contributed by atoms with Crippen LogP contribution in [0.5, 0.6) is 5.75 Å². The third-order valence-corrected chi connectivity index (χ3v) is 7.73. The van der Waals surface area contributed by atoms with Crippen LogP contribution in [-0.2, 0) is 17.7 Å². The highest BCUT2D eigenvalue weighted by Crippen LogP contribution is 2.47. The molecule has 2 aromatic carbocycles. The normalized spacial score (nSPS) is 22.1. The van der Waals surface area contributed by atoms with Crippen molar-refractivity contribution in [3.63, 3.8) is 0 Å². The van der Waals surface area contributed by atoms with Gasteiger partial charge in [-0.1, -0.05) is 24.3 Å². The van der Waals surface area contributed by atoms with Gasteiger partial charge in [0.2, 0.25) is 5.43 Å². The van der Waals surface area contributed by atoms with E-state index in [0.717, 1.165) is 29.3 Å². The van der Waals surface area contributed by atoms with E-state index < -0.39 is 40.9 Å². The number of carbonyl (C=O) groups excluding carboxylic acids is 1. The van der Waals surface area contributed by atoms with Crippen molar-refractivity contribution in [1.29, 1.82) is 0 Å². The first-order valence-corrected chi connectivity index (χ1v) is 11.9. The van der Waals surface area contributed by atoms with Gasteiger partial charge in [0.25, 0.3) is 5.91 Å². The number of ether oxygens (including phenoxy) is 1.